The molecule has 2 heterocycles. The van der Waals surface area contributed by atoms with E-state index in [-0.39, 0.29) is 5.91 Å². The SMILES string of the molecule is COC(=O)c1ccccc1-c1ccc(/C=C2/SC(=NCc3ccccc3)N(Cc3ccccc3)C2=O)o1. The van der Waals surface area contributed by atoms with Crippen LogP contribution in [0.1, 0.15) is 27.2 Å². The molecule has 1 saturated heterocycles. The normalized spacial score (nSPS) is 15.5. The number of nitrogens with zero attached hydrogens (tertiary/aromatic N) is 2. The van der Waals surface area contributed by atoms with E-state index >= 15 is 0 Å². The molecule has 3 aromatic carbocycles. The molecule has 0 N–H and O–H groups in total. The summed E-state index contributed by atoms with van der Waals surface area (Å²) in [5.74, 6) is 0.453. The van der Waals surface area contributed by atoms with Gasteiger partial charge in [0.2, 0.25) is 0 Å². The van der Waals surface area contributed by atoms with Crippen LogP contribution in [0.15, 0.2) is 111 Å². The number of esters is 1. The Morgan fingerprint density at radius 3 is 2.32 bits per heavy atom. The quantitative estimate of drug-likeness (QED) is 0.213. The zero-order valence-corrected chi connectivity index (χ0v) is 21.0. The summed E-state index contributed by atoms with van der Waals surface area (Å²) >= 11 is 1.33. The molecule has 0 spiro atoms. The Kier molecular flexibility index (Phi) is 7.33. The molecule has 0 radical (unpaired) electrons. The van der Waals surface area contributed by atoms with Crippen LogP contribution in [-0.4, -0.2) is 29.1 Å². The number of amides is 1. The van der Waals surface area contributed by atoms with Gasteiger partial charge < -0.3 is 9.15 Å². The summed E-state index contributed by atoms with van der Waals surface area (Å²) in [6.07, 6.45) is 1.72. The predicted molar refractivity (Wildman–Crippen MR) is 146 cm³/mol. The molecular formula is C30H24N2O4S. The largest absolute Gasteiger partial charge is 0.465 e. The molecule has 0 bridgehead atoms. The van der Waals surface area contributed by atoms with Crippen molar-refractivity contribution in [3.05, 3.63) is 124 Å². The highest BCUT2D eigenvalue weighted by atomic mass is 32.2. The van der Waals surface area contributed by atoms with Crippen LogP contribution in [0.4, 0.5) is 0 Å². The van der Waals surface area contributed by atoms with Crippen LogP contribution < -0.4 is 0 Å². The summed E-state index contributed by atoms with van der Waals surface area (Å²) in [6.45, 7) is 0.901. The zero-order valence-electron chi connectivity index (χ0n) is 20.2. The average Bonchev–Trinajstić information content (AvgIpc) is 3.53. The van der Waals surface area contributed by atoms with E-state index in [4.69, 9.17) is 14.1 Å². The van der Waals surface area contributed by atoms with Gasteiger partial charge in [0.15, 0.2) is 5.17 Å². The van der Waals surface area contributed by atoms with E-state index in [1.54, 1.807) is 41.3 Å². The van der Waals surface area contributed by atoms with Gasteiger partial charge in [-0.2, -0.15) is 0 Å². The molecule has 0 unspecified atom stereocenters. The third kappa shape index (κ3) is 5.57. The third-order valence-electron chi connectivity index (χ3n) is 5.81. The molecule has 37 heavy (non-hydrogen) atoms. The van der Waals surface area contributed by atoms with Crippen molar-refractivity contribution in [1.82, 2.24) is 4.90 Å². The molecule has 6 nitrogen and oxygen atoms in total. The number of ether oxygens (including phenoxy) is 1. The topological polar surface area (TPSA) is 72.1 Å². The summed E-state index contributed by atoms with van der Waals surface area (Å²) in [6, 6.07) is 30.4. The summed E-state index contributed by atoms with van der Waals surface area (Å²) in [7, 11) is 1.35. The number of thioether (sulfide) groups is 1. The van der Waals surface area contributed by atoms with Crippen molar-refractivity contribution in [2.45, 2.75) is 13.1 Å². The van der Waals surface area contributed by atoms with E-state index in [0.29, 0.717) is 45.8 Å². The van der Waals surface area contributed by atoms with Crippen molar-refractivity contribution in [2.75, 3.05) is 7.11 Å². The van der Waals surface area contributed by atoms with E-state index < -0.39 is 5.97 Å². The lowest BCUT2D eigenvalue weighted by atomic mass is 10.1. The van der Waals surface area contributed by atoms with Crippen molar-refractivity contribution in [1.29, 1.82) is 0 Å². The maximum Gasteiger partial charge on any atom is 0.338 e. The Morgan fingerprint density at radius 2 is 1.59 bits per heavy atom. The van der Waals surface area contributed by atoms with Gasteiger partial charge >= 0.3 is 5.97 Å². The molecule has 184 valence electrons. The van der Waals surface area contributed by atoms with E-state index in [1.165, 1.54) is 18.9 Å². The maximum atomic E-state index is 13.4. The van der Waals surface area contributed by atoms with Crippen molar-refractivity contribution >= 4 is 34.9 Å². The second kappa shape index (κ2) is 11.1. The number of carbonyl (C=O) groups is 2. The summed E-state index contributed by atoms with van der Waals surface area (Å²) in [4.78, 5) is 32.6. The number of benzene rings is 3. The lowest BCUT2D eigenvalue weighted by Crippen LogP contribution is -2.28. The molecule has 1 aromatic heterocycles. The van der Waals surface area contributed by atoms with Crippen LogP contribution in [-0.2, 0) is 22.6 Å². The van der Waals surface area contributed by atoms with Crippen LogP contribution in [0.2, 0.25) is 0 Å². The van der Waals surface area contributed by atoms with Gasteiger partial charge in [0.25, 0.3) is 5.91 Å². The Labute approximate surface area is 219 Å². The van der Waals surface area contributed by atoms with Gasteiger partial charge in [-0.15, -0.1) is 0 Å². The fourth-order valence-electron chi connectivity index (χ4n) is 3.96. The molecule has 7 heteroatoms. The number of amidine groups is 1. The second-order valence-corrected chi connectivity index (χ2v) is 9.32. The first-order valence-corrected chi connectivity index (χ1v) is 12.6. The minimum absolute atomic E-state index is 0.131. The van der Waals surface area contributed by atoms with E-state index in [1.807, 2.05) is 66.7 Å². The number of methoxy groups -OCH3 is 1. The minimum atomic E-state index is -0.441. The van der Waals surface area contributed by atoms with Gasteiger partial charge in [0, 0.05) is 11.6 Å². The van der Waals surface area contributed by atoms with Gasteiger partial charge in [-0.1, -0.05) is 78.9 Å². The molecule has 1 aliphatic heterocycles. The minimum Gasteiger partial charge on any atom is -0.465 e. The molecule has 1 fully saturated rings. The van der Waals surface area contributed by atoms with Crippen molar-refractivity contribution < 1.29 is 18.7 Å². The number of carbonyl (C=O) groups excluding carboxylic acids is 2. The first-order valence-electron chi connectivity index (χ1n) is 11.7. The Morgan fingerprint density at radius 1 is 0.919 bits per heavy atom. The molecule has 0 aliphatic carbocycles. The Balaban J connectivity index is 1.43. The van der Waals surface area contributed by atoms with Gasteiger partial charge in [0.05, 0.1) is 30.7 Å². The van der Waals surface area contributed by atoms with Crippen LogP contribution >= 0.6 is 11.8 Å². The molecule has 1 aliphatic rings. The highest BCUT2D eigenvalue weighted by molar-refractivity contribution is 8.18. The lowest BCUT2D eigenvalue weighted by Gasteiger charge is -2.15. The second-order valence-electron chi connectivity index (χ2n) is 8.31. The zero-order chi connectivity index (χ0) is 25.6. The van der Waals surface area contributed by atoms with Crippen molar-refractivity contribution in [3.8, 4) is 11.3 Å². The molecule has 1 amide bonds. The number of hydrogen-bond donors (Lipinski definition) is 0. The Bertz CT molecular complexity index is 1480. The summed E-state index contributed by atoms with van der Waals surface area (Å²) in [5, 5.41) is 0.645. The smallest absolute Gasteiger partial charge is 0.338 e. The van der Waals surface area contributed by atoms with Gasteiger partial charge in [-0.3, -0.25) is 14.7 Å². The van der Waals surface area contributed by atoms with Crippen LogP contribution in [0, 0.1) is 0 Å². The standard InChI is InChI=1S/C30H24N2O4S/c1-35-29(34)25-15-9-8-14-24(25)26-17-16-23(36-26)18-27-28(33)32(20-22-12-6-3-7-13-22)30(37-27)31-19-21-10-4-2-5-11-21/h2-18H,19-20H2,1H3/b27-18+,31-30?. The van der Waals surface area contributed by atoms with Crippen LogP contribution in [0.25, 0.3) is 17.4 Å². The molecular weight excluding hydrogens is 484 g/mol. The number of hydrogen-bond acceptors (Lipinski definition) is 6. The molecule has 5 rings (SSSR count). The van der Waals surface area contributed by atoms with Gasteiger partial charge in [-0.05, 0) is 41.1 Å². The number of rotatable bonds is 7. The van der Waals surface area contributed by atoms with Crippen molar-refractivity contribution in [3.63, 3.8) is 0 Å². The number of furan rings is 1. The summed E-state index contributed by atoms with van der Waals surface area (Å²) in [5.41, 5.74) is 3.12. The van der Waals surface area contributed by atoms with Crippen LogP contribution in [0.5, 0.6) is 0 Å². The van der Waals surface area contributed by atoms with Crippen LogP contribution in [0.3, 0.4) is 0 Å². The van der Waals surface area contributed by atoms with E-state index in [2.05, 4.69) is 0 Å². The summed E-state index contributed by atoms with van der Waals surface area (Å²) < 4.78 is 10.9. The van der Waals surface area contributed by atoms with E-state index in [9.17, 15) is 9.59 Å². The monoisotopic (exact) mass is 508 g/mol. The highest BCUT2D eigenvalue weighted by Crippen LogP contribution is 2.35. The maximum absolute atomic E-state index is 13.4. The highest BCUT2D eigenvalue weighted by Gasteiger charge is 2.33. The van der Waals surface area contributed by atoms with E-state index in [0.717, 1.165) is 11.1 Å². The van der Waals surface area contributed by atoms with Gasteiger partial charge in [-0.25, -0.2) is 4.79 Å². The lowest BCUT2D eigenvalue weighted by molar-refractivity contribution is -0.122. The van der Waals surface area contributed by atoms with Gasteiger partial charge in [0.1, 0.15) is 11.5 Å². The molecule has 4 aromatic rings. The molecule has 0 atom stereocenters. The fraction of sp³-hybridized carbons (Fsp3) is 0.100. The first kappa shape index (κ1) is 24.3. The molecule has 0 saturated carbocycles. The fourth-order valence-corrected chi connectivity index (χ4v) is 4.92. The third-order valence-corrected chi connectivity index (χ3v) is 6.85. The predicted octanol–water partition coefficient (Wildman–Crippen LogP) is 6.41. The first-order chi connectivity index (χ1) is 18.1. The number of aliphatic imine (C=N–C) groups is 1. The average molecular weight is 509 g/mol. The Hall–Kier alpha value is -4.36. The van der Waals surface area contributed by atoms with Crippen molar-refractivity contribution in [2.24, 2.45) is 4.99 Å².